The molecule has 0 saturated heterocycles. The van der Waals surface area contributed by atoms with E-state index >= 15 is 0 Å². The fourth-order valence-electron chi connectivity index (χ4n) is 3.01. The third-order valence-corrected chi connectivity index (χ3v) is 4.46. The van der Waals surface area contributed by atoms with Crippen molar-refractivity contribution in [2.24, 2.45) is 0 Å². The van der Waals surface area contributed by atoms with Crippen LogP contribution in [0.2, 0.25) is 0 Å². The van der Waals surface area contributed by atoms with Crippen molar-refractivity contribution in [1.82, 2.24) is 5.32 Å². The Bertz CT molecular complexity index is 760. The summed E-state index contributed by atoms with van der Waals surface area (Å²) in [6.45, 7) is 3.77. The molecule has 1 aliphatic rings. The Morgan fingerprint density at radius 3 is 2.85 bits per heavy atom. The van der Waals surface area contributed by atoms with Crippen LogP contribution in [-0.2, 0) is 17.6 Å². The summed E-state index contributed by atoms with van der Waals surface area (Å²) in [5, 5.41) is 3.00. The van der Waals surface area contributed by atoms with E-state index in [1.165, 1.54) is 5.56 Å². The predicted octanol–water partition coefficient (Wildman–Crippen LogP) is 3.89. The first-order valence-corrected chi connectivity index (χ1v) is 9.62. The molecule has 5 nitrogen and oxygen atoms in total. The number of para-hydroxylation sites is 1. The van der Waals surface area contributed by atoms with E-state index in [1.807, 2.05) is 36.4 Å². The standard InChI is InChI=1S/C22H27NO4/c1-2-14-25-19-8-4-3-6-18(19)7-5-13-23-22(24)12-10-17-9-11-20-21(15-17)27-16-26-20/h3-4,6,8-9,11,15H,2,5,7,10,12-14,16H2,1H3,(H,23,24). The van der Waals surface area contributed by atoms with Crippen molar-refractivity contribution in [3.8, 4) is 17.2 Å². The molecule has 144 valence electrons. The average molecular weight is 369 g/mol. The third-order valence-electron chi connectivity index (χ3n) is 4.46. The molecule has 0 aromatic heterocycles. The zero-order chi connectivity index (χ0) is 18.9. The summed E-state index contributed by atoms with van der Waals surface area (Å²) in [5.74, 6) is 2.56. The van der Waals surface area contributed by atoms with Crippen LogP contribution in [0.5, 0.6) is 17.2 Å². The Kier molecular flexibility index (Phi) is 6.97. The van der Waals surface area contributed by atoms with Gasteiger partial charge in [-0.1, -0.05) is 31.2 Å². The van der Waals surface area contributed by atoms with Crippen molar-refractivity contribution >= 4 is 5.91 Å². The average Bonchev–Trinajstić information content (AvgIpc) is 3.16. The molecular weight excluding hydrogens is 342 g/mol. The first-order valence-electron chi connectivity index (χ1n) is 9.62. The van der Waals surface area contributed by atoms with Gasteiger partial charge in [-0.3, -0.25) is 4.79 Å². The molecule has 0 fully saturated rings. The number of rotatable bonds is 10. The number of fused-ring (bicyclic) bond motifs is 1. The Morgan fingerprint density at radius 1 is 1.11 bits per heavy atom. The second-order valence-electron chi connectivity index (χ2n) is 6.60. The van der Waals surface area contributed by atoms with Gasteiger partial charge in [0.15, 0.2) is 11.5 Å². The highest BCUT2D eigenvalue weighted by Gasteiger charge is 2.13. The molecule has 1 heterocycles. The molecule has 2 aromatic carbocycles. The van der Waals surface area contributed by atoms with Crippen LogP contribution in [0.15, 0.2) is 42.5 Å². The maximum absolute atomic E-state index is 12.1. The Hall–Kier alpha value is -2.69. The largest absolute Gasteiger partial charge is 0.493 e. The van der Waals surface area contributed by atoms with Crippen molar-refractivity contribution in [1.29, 1.82) is 0 Å². The van der Waals surface area contributed by atoms with Gasteiger partial charge in [-0.05, 0) is 55.0 Å². The second kappa shape index (κ2) is 9.86. The summed E-state index contributed by atoms with van der Waals surface area (Å²) in [4.78, 5) is 12.1. The highest BCUT2D eigenvalue weighted by molar-refractivity contribution is 5.76. The van der Waals surface area contributed by atoms with E-state index in [0.29, 0.717) is 19.4 Å². The van der Waals surface area contributed by atoms with Crippen LogP contribution in [0.4, 0.5) is 0 Å². The number of hydrogen-bond acceptors (Lipinski definition) is 4. The summed E-state index contributed by atoms with van der Waals surface area (Å²) in [5.41, 5.74) is 2.27. The lowest BCUT2D eigenvalue weighted by molar-refractivity contribution is -0.121. The molecule has 3 rings (SSSR count). The van der Waals surface area contributed by atoms with Crippen molar-refractivity contribution in [2.45, 2.75) is 39.0 Å². The van der Waals surface area contributed by atoms with Crippen LogP contribution >= 0.6 is 0 Å². The monoisotopic (exact) mass is 369 g/mol. The van der Waals surface area contributed by atoms with E-state index in [-0.39, 0.29) is 12.7 Å². The van der Waals surface area contributed by atoms with Crippen molar-refractivity contribution in [3.63, 3.8) is 0 Å². The lowest BCUT2D eigenvalue weighted by Gasteiger charge is -2.11. The fourth-order valence-corrected chi connectivity index (χ4v) is 3.01. The molecule has 0 spiro atoms. The lowest BCUT2D eigenvalue weighted by Crippen LogP contribution is -2.25. The van der Waals surface area contributed by atoms with Crippen LogP contribution in [0.3, 0.4) is 0 Å². The van der Waals surface area contributed by atoms with Gasteiger partial charge in [0.05, 0.1) is 6.61 Å². The van der Waals surface area contributed by atoms with E-state index in [9.17, 15) is 4.79 Å². The van der Waals surface area contributed by atoms with Crippen molar-refractivity contribution < 1.29 is 19.0 Å². The molecule has 27 heavy (non-hydrogen) atoms. The zero-order valence-corrected chi connectivity index (χ0v) is 15.8. The van der Waals surface area contributed by atoms with Gasteiger partial charge in [-0.2, -0.15) is 0 Å². The highest BCUT2D eigenvalue weighted by Crippen LogP contribution is 2.32. The minimum Gasteiger partial charge on any atom is -0.493 e. The maximum atomic E-state index is 12.1. The molecule has 1 amide bonds. The van der Waals surface area contributed by atoms with Gasteiger partial charge < -0.3 is 19.5 Å². The molecule has 0 atom stereocenters. The second-order valence-corrected chi connectivity index (χ2v) is 6.60. The predicted molar refractivity (Wildman–Crippen MR) is 104 cm³/mol. The first-order chi connectivity index (χ1) is 13.3. The molecule has 2 aromatic rings. The zero-order valence-electron chi connectivity index (χ0n) is 15.8. The number of benzene rings is 2. The smallest absolute Gasteiger partial charge is 0.231 e. The van der Waals surface area contributed by atoms with Gasteiger partial charge >= 0.3 is 0 Å². The number of carbonyl (C=O) groups excluding carboxylic acids is 1. The van der Waals surface area contributed by atoms with Crippen LogP contribution in [0.1, 0.15) is 37.3 Å². The topological polar surface area (TPSA) is 56.8 Å². The number of aryl methyl sites for hydroxylation is 2. The number of amides is 1. The molecule has 1 N–H and O–H groups in total. The van der Waals surface area contributed by atoms with Crippen LogP contribution in [0.25, 0.3) is 0 Å². The van der Waals surface area contributed by atoms with Gasteiger partial charge in [0, 0.05) is 13.0 Å². The molecule has 0 unspecified atom stereocenters. The number of hydrogen-bond donors (Lipinski definition) is 1. The van der Waals surface area contributed by atoms with E-state index in [0.717, 1.165) is 48.7 Å². The summed E-state index contributed by atoms with van der Waals surface area (Å²) < 4.78 is 16.4. The van der Waals surface area contributed by atoms with Gasteiger partial charge in [0.2, 0.25) is 12.7 Å². The normalized spacial score (nSPS) is 12.0. The maximum Gasteiger partial charge on any atom is 0.231 e. The van der Waals surface area contributed by atoms with E-state index < -0.39 is 0 Å². The molecule has 1 aliphatic heterocycles. The number of ether oxygens (including phenoxy) is 3. The number of nitrogens with one attached hydrogen (secondary N) is 1. The van der Waals surface area contributed by atoms with Crippen LogP contribution < -0.4 is 19.5 Å². The molecule has 0 bridgehead atoms. The van der Waals surface area contributed by atoms with Gasteiger partial charge in [0.25, 0.3) is 0 Å². The van der Waals surface area contributed by atoms with E-state index in [2.05, 4.69) is 18.3 Å². The SMILES string of the molecule is CCCOc1ccccc1CCCNC(=O)CCc1ccc2c(c1)OCO2. The fraction of sp³-hybridized carbons (Fsp3) is 0.409. The lowest BCUT2D eigenvalue weighted by atomic mass is 10.1. The minimum absolute atomic E-state index is 0.0724. The number of carbonyl (C=O) groups is 1. The Balaban J connectivity index is 1.36. The van der Waals surface area contributed by atoms with E-state index in [1.54, 1.807) is 0 Å². The van der Waals surface area contributed by atoms with Crippen LogP contribution in [0, 0.1) is 0 Å². The quantitative estimate of drug-likeness (QED) is 0.646. The Labute approximate surface area is 160 Å². The summed E-state index contributed by atoms with van der Waals surface area (Å²) in [7, 11) is 0. The Morgan fingerprint density at radius 2 is 1.96 bits per heavy atom. The first kappa shape index (κ1) is 19.1. The summed E-state index contributed by atoms with van der Waals surface area (Å²) in [6, 6.07) is 13.9. The molecule has 0 radical (unpaired) electrons. The molecule has 5 heteroatoms. The van der Waals surface area contributed by atoms with Gasteiger partial charge in [-0.25, -0.2) is 0 Å². The molecule has 0 saturated carbocycles. The highest BCUT2D eigenvalue weighted by atomic mass is 16.7. The summed E-state index contributed by atoms with van der Waals surface area (Å²) in [6.07, 6.45) is 3.93. The van der Waals surface area contributed by atoms with Crippen molar-refractivity contribution in [3.05, 3.63) is 53.6 Å². The molecule has 0 aliphatic carbocycles. The van der Waals surface area contributed by atoms with Gasteiger partial charge in [0.1, 0.15) is 5.75 Å². The minimum atomic E-state index is 0.0724. The van der Waals surface area contributed by atoms with Crippen molar-refractivity contribution in [2.75, 3.05) is 19.9 Å². The summed E-state index contributed by atoms with van der Waals surface area (Å²) >= 11 is 0. The van der Waals surface area contributed by atoms with E-state index in [4.69, 9.17) is 14.2 Å². The third kappa shape index (κ3) is 5.64. The van der Waals surface area contributed by atoms with Crippen LogP contribution in [-0.4, -0.2) is 25.9 Å². The van der Waals surface area contributed by atoms with Gasteiger partial charge in [-0.15, -0.1) is 0 Å². The molecular formula is C22H27NO4.